The highest BCUT2D eigenvalue weighted by Crippen LogP contribution is 2.32. The molecular formula is C15H16ClN5O3. The van der Waals surface area contributed by atoms with Gasteiger partial charge >= 0.3 is 6.03 Å². The molecule has 126 valence electrons. The summed E-state index contributed by atoms with van der Waals surface area (Å²) < 4.78 is 0. The number of aromatic nitrogens is 2. The van der Waals surface area contributed by atoms with Gasteiger partial charge in [-0.05, 0) is 24.5 Å². The molecule has 1 saturated heterocycles. The summed E-state index contributed by atoms with van der Waals surface area (Å²) in [5.74, 6) is 0.226. The number of likely N-dealkylation sites (tertiary alicyclic amines) is 1. The van der Waals surface area contributed by atoms with Crippen molar-refractivity contribution in [3.63, 3.8) is 0 Å². The van der Waals surface area contributed by atoms with Crippen LogP contribution < -0.4 is 5.32 Å². The molecule has 1 aromatic heterocycles. The molecule has 0 spiro atoms. The summed E-state index contributed by atoms with van der Waals surface area (Å²) in [7, 11) is 0. The standard InChI is InChI=1S/C15H16ClN5O3/c16-14-12(4-1-5-13(14)21(23)24)19-15(22)20-6-2-3-10(9-20)11-7-17-18-8-11/h1,4-5,7-8,10H,2-3,6,9H2,(H,17,18)(H,19,22). The molecule has 1 atom stereocenters. The molecule has 9 heteroatoms. The monoisotopic (exact) mass is 349 g/mol. The molecule has 0 bridgehead atoms. The van der Waals surface area contributed by atoms with Crippen LogP contribution in [0.25, 0.3) is 0 Å². The summed E-state index contributed by atoms with van der Waals surface area (Å²) in [5.41, 5.74) is 1.08. The lowest BCUT2D eigenvalue weighted by molar-refractivity contribution is -0.384. The van der Waals surface area contributed by atoms with Gasteiger partial charge in [0.25, 0.3) is 5.69 Å². The Morgan fingerprint density at radius 2 is 2.33 bits per heavy atom. The van der Waals surface area contributed by atoms with Crippen LogP contribution in [-0.2, 0) is 0 Å². The number of benzene rings is 1. The summed E-state index contributed by atoms with van der Waals surface area (Å²) in [6.45, 7) is 1.20. The second-order valence-electron chi connectivity index (χ2n) is 5.64. The van der Waals surface area contributed by atoms with Crippen LogP contribution >= 0.6 is 11.6 Å². The molecule has 1 aromatic carbocycles. The Hall–Kier alpha value is -2.61. The van der Waals surface area contributed by atoms with Gasteiger partial charge in [0.05, 0.1) is 16.8 Å². The van der Waals surface area contributed by atoms with Crippen molar-refractivity contribution in [2.24, 2.45) is 0 Å². The van der Waals surface area contributed by atoms with E-state index >= 15 is 0 Å². The maximum atomic E-state index is 12.5. The van der Waals surface area contributed by atoms with Crippen molar-refractivity contribution in [2.45, 2.75) is 18.8 Å². The molecule has 2 aromatic rings. The number of hydrogen-bond donors (Lipinski definition) is 2. The van der Waals surface area contributed by atoms with E-state index in [4.69, 9.17) is 11.6 Å². The first-order valence-corrected chi connectivity index (χ1v) is 7.91. The third kappa shape index (κ3) is 3.33. The smallest absolute Gasteiger partial charge is 0.321 e. The predicted octanol–water partition coefficient (Wildman–Crippen LogP) is 3.38. The second-order valence-corrected chi connectivity index (χ2v) is 6.02. The van der Waals surface area contributed by atoms with Gasteiger partial charge in [0.1, 0.15) is 5.02 Å². The second kappa shape index (κ2) is 6.88. The van der Waals surface area contributed by atoms with Crippen LogP contribution in [0.3, 0.4) is 0 Å². The summed E-state index contributed by atoms with van der Waals surface area (Å²) in [6, 6.07) is 4.02. The van der Waals surface area contributed by atoms with Gasteiger partial charge in [-0.25, -0.2) is 4.79 Å². The number of carbonyl (C=O) groups is 1. The predicted molar refractivity (Wildman–Crippen MR) is 89.3 cm³/mol. The van der Waals surface area contributed by atoms with Crippen LogP contribution in [0.5, 0.6) is 0 Å². The number of nitro groups is 1. The van der Waals surface area contributed by atoms with Gasteiger partial charge in [-0.1, -0.05) is 17.7 Å². The number of amides is 2. The van der Waals surface area contributed by atoms with E-state index in [0.717, 1.165) is 18.4 Å². The normalized spacial score (nSPS) is 17.5. The minimum atomic E-state index is -0.576. The first kappa shape index (κ1) is 16.3. The van der Waals surface area contributed by atoms with Crippen molar-refractivity contribution >= 4 is 29.0 Å². The number of nitrogens with zero attached hydrogens (tertiary/aromatic N) is 3. The number of anilines is 1. The van der Waals surface area contributed by atoms with E-state index in [9.17, 15) is 14.9 Å². The highest BCUT2D eigenvalue weighted by molar-refractivity contribution is 6.35. The Balaban J connectivity index is 1.71. The zero-order valence-corrected chi connectivity index (χ0v) is 13.5. The Kier molecular flexibility index (Phi) is 4.66. The molecule has 0 saturated carbocycles. The van der Waals surface area contributed by atoms with Crippen LogP contribution in [-0.4, -0.2) is 39.1 Å². The number of halogens is 1. The SMILES string of the molecule is O=C(Nc1cccc([N+](=O)[O-])c1Cl)N1CCCC(c2cn[nH]c2)C1. The summed E-state index contributed by atoms with van der Waals surface area (Å²) in [4.78, 5) is 24.5. The summed E-state index contributed by atoms with van der Waals surface area (Å²) >= 11 is 6.01. The van der Waals surface area contributed by atoms with Crippen LogP contribution in [0, 0.1) is 10.1 Å². The van der Waals surface area contributed by atoms with E-state index in [-0.39, 0.29) is 28.3 Å². The third-order valence-electron chi connectivity index (χ3n) is 4.12. The minimum Gasteiger partial charge on any atom is -0.324 e. The molecule has 1 fully saturated rings. The number of rotatable bonds is 3. The average molecular weight is 350 g/mol. The quantitative estimate of drug-likeness (QED) is 0.654. The fraction of sp³-hybridized carbons (Fsp3) is 0.333. The minimum absolute atomic E-state index is 0.0701. The first-order chi connectivity index (χ1) is 11.6. The molecule has 8 nitrogen and oxygen atoms in total. The van der Waals surface area contributed by atoms with Gasteiger partial charge in [0, 0.05) is 31.3 Å². The fourth-order valence-electron chi connectivity index (χ4n) is 2.87. The number of urea groups is 1. The lowest BCUT2D eigenvalue weighted by Gasteiger charge is -2.32. The molecule has 2 N–H and O–H groups in total. The van der Waals surface area contributed by atoms with E-state index in [1.807, 2.05) is 6.20 Å². The van der Waals surface area contributed by atoms with Crippen molar-refractivity contribution in [3.05, 3.63) is 51.3 Å². The maximum absolute atomic E-state index is 12.5. The van der Waals surface area contributed by atoms with Gasteiger partial charge < -0.3 is 10.2 Å². The van der Waals surface area contributed by atoms with Gasteiger partial charge in [-0.15, -0.1) is 0 Å². The van der Waals surface area contributed by atoms with Gasteiger partial charge in [-0.3, -0.25) is 15.2 Å². The van der Waals surface area contributed by atoms with Gasteiger partial charge in [0.15, 0.2) is 0 Å². The average Bonchev–Trinajstić information content (AvgIpc) is 3.11. The summed E-state index contributed by atoms with van der Waals surface area (Å²) in [6.07, 6.45) is 5.47. The molecule has 0 radical (unpaired) electrons. The zero-order chi connectivity index (χ0) is 17.1. The Labute approximate surface area is 142 Å². The molecule has 2 amide bonds. The Bertz CT molecular complexity index is 750. The number of hydrogen-bond acceptors (Lipinski definition) is 4. The van der Waals surface area contributed by atoms with Gasteiger partial charge in [0.2, 0.25) is 0 Å². The van der Waals surface area contributed by atoms with E-state index in [1.165, 1.54) is 12.1 Å². The zero-order valence-electron chi connectivity index (χ0n) is 12.7. The maximum Gasteiger partial charge on any atom is 0.321 e. The Morgan fingerprint density at radius 3 is 3.04 bits per heavy atom. The molecule has 2 heterocycles. The molecule has 0 aliphatic carbocycles. The van der Waals surface area contributed by atoms with Crippen molar-refractivity contribution in [2.75, 3.05) is 18.4 Å². The van der Waals surface area contributed by atoms with E-state index in [1.54, 1.807) is 17.2 Å². The van der Waals surface area contributed by atoms with Crippen molar-refractivity contribution in [1.82, 2.24) is 15.1 Å². The summed E-state index contributed by atoms with van der Waals surface area (Å²) in [5, 5.41) is 20.3. The van der Waals surface area contributed by atoms with Crippen LogP contribution in [0.15, 0.2) is 30.6 Å². The van der Waals surface area contributed by atoms with E-state index in [0.29, 0.717) is 13.1 Å². The van der Waals surface area contributed by atoms with E-state index in [2.05, 4.69) is 15.5 Å². The molecule has 24 heavy (non-hydrogen) atoms. The van der Waals surface area contributed by atoms with Crippen LogP contribution in [0.2, 0.25) is 5.02 Å². The lowest BCUT2D eigenvalue weighted by atomic mass is 9.93. The topological polar surface area (TPSA) is 104 Å². The fourth-order valence-corrected chi connectivity index (χ4v) is 3.11. The number of nitro benzene ring substituents is 1. The number of carbonyl (C=O) groups excluding carboxylic acids is 1. The van der Waals surface area contributed by atoms with Crippen LogP contribution in [0.1, 0.15) is 24.3 Å². The lowest BCUT2D eigenvalue weighted by Crippen LogP contribution is -2.41. The Morgan fingerprint density at radius 1 is 1.50 bits per heavy atom. The highest BCUT2D eigenvalue weighted by Gasteiger charge is 2.26. The molecular weight excluding hydrogens is 334 g/mol. The molecule has 1 unspecified atom stereocenters. The molecule has 1 aliphatic rings. The molecule has 3 rings (SSSR count). The van der Waals surface area contributed by atoms with Gasteiger partial charge in [-0.2, -0.15) is 5.10 Å². The third-order valence-corrected chi connectivity index (χ3v) is 4.51. The van der Waals surface area contributed by atoms with E-state index < -0.39 is 4.92 Å². The highest BCUT2D eigenvalue weighted by atomic mass is 35.5. The van der Waals surface area contributed by atoms with Crippen molar-refractivity contribution in [3.8, 4) is 0 Å². The molecule has 1 aliphatic heterocycles. The number of aromatic amines is 1. The largest absolute Gasteiger partial charge is 0.324 e. The number of piperidine rings is 1. The van der Waals surface area contributed by atoms with Crippen LogP contribution in [0.4, 0.5) is 16.2 Å². The van der Waals surface area contributed by atoms with Crippen molar-refractivity contribution < 1.29 is 9.72 Å². The number of nitrogens with one attached hydrogen (secondary N) is 2. The number of H-pyrrole nitrogens is 1. The first-order valence-electron chi connectivity index (χ1n) is 7.53. The van der Waals surface area contributed by atoms with Crippen molar-refractivity contribution in [1.29, 1.82) is 0 Å².